The van der Waals surface area contributed by atoms with Gasteiger partial charge in [-0.25, -0.2) is 0 Å². The fourth-order valence-corrected chi connectivity index (χ4v) is 4.09. The van der Waals surface area contributed by atoms with E-state index in [4.69, 9.17) is 4.42 Å². The molecule has 0 spiro atoms. The molecular formula is C25H26O4. The third-order valence-corrected chi connectivity index (χ3v) is 5.72. The van der Waals surface area contributed by atoms with Crippen molar-refractivity contribution in [1.82, 2.24) is 0 Å². The van der Waals surface area contributed by atoms with Crippen LogP contribution in [-0.4, -0.2) is 10.2 Å². The van der Waals surface area contributed by atoms with Crippen LogP contribution in [0.1, 0.15) is 50.7 Å². The van der Waals surface area contributed by atoms with E-state index in [0.717, 1.165) is 18.4 Å². The summed E-state index contributed by atoms with van der Waals surface area (Å²) in [6.07, 6.45) is 9.44. The van der Waals surface area contributed by atoms with Gasteiger partial charge in [-0.05, 0) is 64.5 Å². The van der Waals surface area contributed by atoms with E-state index in [1.165, 1.54) is 18.4 Å². The average molecular weight is 390 g/mol. The second-order valence-corrected chi connectivity index (χ2v) is 8.04. The molecule has 4 rings (SSSR count). The Kier molecular flexibility index (Phi) is 5.18. The van der Waals surface area contributed by atoms with E-state index in [-0.39, 0.29) is 27.9 Å². The van der Waals surface area contributed by atoms with Crippen LogP contribution in [0.15, 0.2) is 56.8 Å². The fraction of sp³-hybridized carbons (Fsp3) is 0.320. The predicted octanol–water partition coefficient (Wildman–Crippen LogP) is 5.91. The number of allylic oxidation sites excluding steroid dienone is 4. The van der Waals surface area contributed by atoms with Crippen LogP contribution in [0.4, 0.5) is 0 Å². The third kappa shape index (κ3) is 3.55. The largest absolute Gasteiger partial charge is 0.507 e. The van der Waals surface area contributed by atoms with Crippen LogP contribution in [-0.2, 0) is 12.8 Å². The lowest BCUT2D eigenvalue weighted by Gasteiger charge is -2.14. The Labute approximate surface area is 169 Å². The highest BCUT2D eigenvalue weighted by atomic mass is 16.3. The first-order valence-corrected chi connectivity index (χ1v) is 10.2. The molecule has 1 aromatic heterocycles. The Balaban J connectivity index is 2.02. The number of aromatic hydroxyl groups is 2. The molecule has 29 heavy (non-hydrogen) atoms. The summed E-state index contributed by atoms with van der Waals surface area (Å²) in [7, 11) is 0. The van der Waals surface area contributed by atoms with Gasteiger partial charge in [0.05, 0.1) is 5.39 Å². The SMILES string of the molecule is CC(C)=CCc1c(O)c(CC=C2CCCC2)c2oc3ccccc3c(=O)c2c1O. The van der Waals surface area contributed by atoms with Gasteiger partial charge in [-0.3, -0.25) is 4.79 Å². The summed E-state index contributed by atoms with van der Waals surface area (Å²) in [5.41, 5.74) is 3.85. The first kappa shape index (κ1) is 19.3. The second kappa shape index (κ2) is 7.78. The van der Waals surface area contributed by atoms with Crippen LogP contribution in [0.25, 0.3) is 21.9 Å². The summed E-state index contributed by atoms with van der Waals surface area (Å²) < 4.78 is 6.05. The van der Waals surface area contributed by atoms with Gasteiger partial charge in [0.25, 0.3) is 0 Å². The molecule has 2 N–H and O–H groups in total. The molecule has 1 aliphatic carbocycles. The smallest absolute Gasteiger partial charge is 0.204 e. The van der Waals surface area contributed by atoms with Crippen molar-refractivity contribution in [3.05, 3.63) is 68.9 Å². The summed E-state index contributed by atoms with van der Waals surface area (Å²) in [5, 5.41) is 22.5. The fourth-order valence-electron chi connectivity index (χ4n) is 4.09. The van der Waals surface area contributed by atoms with Gasteiger partial charge in [-0.15, -0.1) is 0 Å². The lowest BCUT2D eigenvalue weighted by atomic mass is 9.96. The van der Waals surface area contributed by atoms with Crippen molar-refractivity contribution in [2.45, 2.75) is 52.4 Å². The van der Waals surface area contributed by atoms with Gasteiger partial charge in [0.1, 0.15) is 28.1 Å². The van der Waals surface area contributed by atoms with Gasteiger partial charge < -0.3 is 14.6 Å². The lowest BCUT2D eigenvalue weighted by molar-refractivity contribution is 0.439. The van der Waals surface area contributed by atoms with Crippen LogP contribution in [0.3, 0.4) is 0 Å². The normalized spacial score (nSPS) is 13.9. The molecule has 0 saturated heterocycles. The molecule has 0 amide bonds. The van der Waals surface area contributed by atoms with Gasteiger partial charge in [0.15, 0.2) is 0 Å². The highest BCUT2D eigenvalue weighted by molar-refractivity contribution is 5.97. The Morgan fingerprint density at radius 2 is 1.76 bits per heavy atom. The number of fused-ring (bicyclic) bond motifs is 2. The first-order chi connectivity index (χ1) is 14.0. The molecule has 1 fully saturated rings. The van der Waals surface area contributed by atoms with Gasteiger partial charge in [0, 0.05) is 11.1 Å². The molecule has 0 aliphatic heterocycles. The molecule has 0 radical (unpaired) electrons. The molecule has 3 aromatic rings. The van der Waals surface area contributed by atoms with Crippen molar-refractivity contribution in [1.29, 1.82) is 0 Å². The van der Waals surface area contributed by atoms with Crippen LogP contribution in [0.5, 0.6) is 11.5 Å². The van der Waals surface area contributed by atoms with E-state index in [9.17, 15) is 15.0 Å². The molecule has 0 atom stereocenters. The van der Waals surface area contributed by atoms with E-state index >= 15 is 0 Å². The van der Waals surface area contributed by atoms with Crippen LogP contribution >= 0.6 is 0 Å². The Morgan fingerprint density at radius 3 is 2.48 bits per heavy atom. The Morgan fingerprint density at radius 1 is 1.03 bits per heavy atom. The zero-order valence-electron chi connectivity index (χ0n) is 16.9. The highest BCUT2D eigenvalue weighted by Crippen LogP contribution is 2.41. The Bertz CT molecular complexity index is 1200. The topological polar surface area (TPSA) is 70.7 Å². The standard InChI is InChI=1S/C25H26O4/c1-15(2)11-13-18-22(26)19(14-12-16-7-3-4-8-16)25-21(24(18)28)23(27)17-9-5-6-10-20(17)29-25/h5-6,9-12,26,28H,3-4,7-8,13-14H2,1-2H3. The summed E-state index contributed by atoms with van der Waals surface area (Å²) in [5.74, 6) is -0.174. The molecule has 1 heterocycles. The lowest BCUT2D eigenvalue weighted by Crippen LogP contribution is -2.06. The van der Waals surface area contributed by atoms with Crippen molar-refractivity contribution in [2.75, 3.05) is 0 Å². The molecule has 1 saturated carbocycles. The minimum Gasteiger partial charge on any atom is -0.507 e. The highest BCUT2D eigenvalue weighted by Gasteiger charge is 2.23. The number of hydrogen-bond acceptors (Lipinski definition) is 4. The molecule has 4 heteroatoms. The molecule has 0 unspecified atom stereocenters. The maximum atomic E-state index is 13.2. The zero-order valence-corrected chi connectivity index (χ0v) is 16.9. The van der Waals surface area contributed by atoms with Gasteiger partial charge in [0.2, 0.25) is 5.43 Å². The molecule has 4 nitrogen and oxygen atoms in total. The number of rotatable bonds is 4. The molecular weight excluding hydrogens is 364 g/mol. The summed E-state index contributed by atoms with van der Waals surface area (Å²) in [4.78, 5) is 13.2. The van der Waals surface area contributed by atoms with Crippen molar-refractivity contribution in [2.24, 2.45) is 0 Å². The molecule has 0 bridgehead atoms. The zero-order chi connectivity index (χ0) is 20.5. The van der Waals surface area contributed by atoms with Crippen LogP contribution in [0, 0.1) is 0 Å². The van der Waals surface area contributed by atoms with E-state index in [1.54, 1.807) is 24.3 Å². The summed E-state index contributed by atoms with van der Waals surface area (Å²) in [6.45, 7) is 3.92. The van der Waals surface area contributed by atoms with Crippen LogP contribution < -0.4 is 5.43 Å². The summed E-state index contributed by atoms with van der Waals surface area (Å²) >= 11 is 0. The number of hydrogen-bond donors (Lipinski definition) is 2. The maximum Gasteiger partial charge on any atom is 0.204 e. The second-order valence-electron chi connectivity index (χ2n) is 8.04. The van der Waals surface area contributed by atoms with Crippen molar-refractivity contribution in [3.8, 4) is 11.5 Å². The first-order valence-electron chi connectivity index (χ1n) is 10.2. The maximum absolute atomic E-state index is 13.2. The van der Waals surface area contributed by atoms with Gasteiger partial charge >= 0.3 is 0 Å². The van der Waals surface area contributed by atoms with Crippen LogP contribution in [0.2, 0.25) is 0 Å². The number of phenolic OH excluding ortho intramolecular Hbond substituents is 2. The van der Waals surface area contributed by atoms with E-state index in [1.807, 2.05) is 19.9 Å². The van der Waals surface area contributed by atoms with Crippen molar-refractivity contribution < 1.29 is 14.6 Å². The predicted molar refractivity (Wildman–Crippen MR) is 117 cm³/mol. The van der Waals surface area contributed by atoms with E-state index in [2.05, 4.69) is 6.08 Å². The van der Waals surface area contributed by atoms with Gasteiger partial charge in [-0.1, -0.05) is 35.4 Å². The third-order valence-electron chi connectivity index (χ3n) is 5.72. The molecule has 150 valence electrons. The van der Waals surface area contributed by atoms with Crippen molar-refractivity contribution in [3.63, 3.8) is 0 Å². The monoisotopic (exact) mass is 390 g/mol. The minimum absolute atomic E-state index is 0.0146. The van der Waals surface area contributed by atoms with E-state index in [0.29, 0.717) is 34.9 Å². The van der Waals surface area contributed by atoms with E-state index < -0.39 is 0 Å². The Hall–Kier alpha value is -3.01. The number of phenols is 2. The summed E-state index contributed by atoms with van der Waals surface area (Å²) in [6, 6.07) is 7.02. The van der Waals surface area contributed by atoms with Gasteiger partial charge in [-0.2, -0.15) is 0 Å². The molecule has 1 aliphatic rings. The minimum atomic E-state index is -0.271. The number of para-hydroxylation sites is 1. The quantitative estimate of drug-likeness (QED) is 0.429. The average Bonchev–Trinajstić information content (AvgIpc) is 3.21. The molecule has 2 aromatic carbocycles. The number of benzene rings is 2. The van der Waals surface area contributed by atoms with Crippen molar-refractivity contribution >= 4 is 21.9 Å².